The Bertz CT molecular complexity index is 1290. The second-order valence-corrected chi connectivity index (χ2v) is 10.9. The van der Waals surface area contributed by atoms with Crippen molar-refractivity contribution >= 4 is 5.97 Å². The molecule has 3 aromatic rings. The number of ether oxygens (including phenoxy) is 2. The average molecular weight is 555 g/mol. The van der Waals surface area contributed by atoms with Gasteiger partial charge in [0.25, 0.3) is 6.43 Å². The number of halogens is 3. The fraction of sp³-hybridized carbons (Fsp3) is 0.441. The molecule has 0 radical (unpaired) electrons. The molecule has 6 heteroatoms. The molecule has 216 valence electrons. The Hall–Kier alpha value is -3.28. The predicted octanol–water partition coefficient (Wildman–Crippen LogP) is 10.00. The van der Waals surface area contributed by atoms with Crippen LogP contribution in [0.2, 0.25) is 0 Å². The van der Waals surface area contributed by atoms with Crippen LogP contribution in [0.15, 0.2) is 60.7 Å². The second-order valence-electron chi connectivity index (χ2n) is 10.9. The van der Waals surface area contributed by atoms with Gasteiger partial charge in [0.2, 0.25) is 0 Å². The molecule has 1 aliphatic rings. The number of hydrogen-bond donors (Lipinski definition) is 0. The Balaban J connectivity index is 0.00000216. The summed E-state index contributed by atoms with van der Waals surface area (Å²) >= 11 is 0. The molecular formula is C34H41F3O3. The monoisotopic (exact) mass is 554 g/mol. The van der Waals surface area contributed by atoms with Gasteiger partial charge in [0.05, 0.1) is 13.5 Å². The maximum atomic E-state index is 15.0. The molecule has 2 atom stereocenters. The van der Waals surface area contributed by atoms with Gasteiger partial charge >= 0.3 is 5.97 Å². The van der Waals surface area contributed by atoms with Crippen LogP contribution in [-0.4, -0.2) is 13.1 Å². The van der Waals surface area contributed by atoms with Crippen molar-refractivity contribution in [3.8, 4) is 16.9 Å². The van der Waals surface area contributed by atoms with Crippen molar-refractivity contribution in [1.29, 1.82) is 0 Å². The van der Waals surface area contributed by atoms with Gasteiger partial charge in [0, 0.05) is 11.1 Å². The maximum absolute atomic E-state index is 15.0. The van der Waals surface area contributed by atoms with Gasteiger partial charge in [0.15, 0.2) is 0 Å². The first-order chi connectivity index (χ1) is 19.1. The average Bonchev–Trinajstić information content (AvgIpc) is 3.31. The molecule has 1 saturated carbocycles. The van der Waals surface area contributed by atoms with Crippen LogP contribution in [0.25, 0.3) is 11.1 Å². The number of benzene rings is 3. The van der Waals surface area contributed by atoms with E-state index < -0.39 is 12.2 Å². The molecular weight excluding hydrogens is 513 g/mol. The van der Waals surface area contributed by atoms with E-state index in [1.807, 2.05) is 63.2 Å². The first-order valence-corrected chi connectivity index (χ1v) is 14.1. The van der Waals surface area contributed by atoms with E-state index in [1.165, 1.54) is 13.2 Å². The van der Waals surface area contributed by atoms with Crippen molar-refractivity contribution in [2.75, 3.05) is 7.11 Å². The molecule has 1 aliphatic carbocycles. The molecule has 3 aromatic carbocycles. The fourth-order valence-electron chi connectivity index (χ4n) is 5.55. The molecule has 0 bridgehead atoms. The minimum atomic E-state index is -2.67. The summed E-state index contributed by atoms with van der Waals surface area (Å²) in [5.41, 5.74) is 3.56. The molecule has 0 unspecified atom stereocenters. The van der Waals surface area contributed by atoms with Crippen molar-refractivity contribution in [3.63, 3.8) is 0 Å². The van der Waals surface area contributed by atoms with E-state index in [4.69, 9.17) is 9.47 Å². The number of carbonyl (C=O) groups is 1. The van der Waals surface area contributed by atoms with Gasteiger partial charge in [-0.15, -0.1) is 0 Å². The van der Waals surface area contributed by atoms with Crippen LogP contribution in [0.4, 0.5) is 13.2 Å². The molecule has 0 saturated heterocycles. The van der Waals surface area contributed by atoms with Crippen LogP contribution in [0.5, 0.6) is 5.75 Å². The van der Waals surface area contributed by atoms with Crippen LogP contribution < -0.4 is 4.74 Å². The van der Waals surface area contributed by atoms with Crippen molar-refractivity contribution in [1.82, 2.24) is 0 Å². The zero-order valence-corrected chi connectivity index (χ0v) is 24.4. The first kappa shape index (κ1) is 31.3. The van der Waals surface area contributed by atoms with Gasteiger partial charge in [-0.25, -0.2) is 13.2 Å². The van der Waals surface area contributed by atoms with Crippen LogP contribution in [0, 0.1) is 11.2 Å². The Kier molecular flexibility index (Phi) is 10.8. The molecule has 0 spiro atoms. The van der Waals surface area contributed by atoms with Gasteiger partial charge in [-0.1, -0.05) is 77.4 Å². The Labute approximate surface area is 236 Å². The maximum Gasteiger partial charge on any atom is 0.306 e. The van der Waals surface area contributed by atoms with E-state index in [9.17, 15) is 18.0 Å². The Morgan fingerprint density at radius 3 is 2.40 bits per heavy atom. The third-order valence-electron chi connectivity index (χ3n) is 7.81. The number of carbonyl (C=O) groups excluding carboxylic acids is 1. The minimum Gasteiger partial charge on any atom is -0.489 e. The van der Waals surface area contributed by atoms with Crippen molar-refractivity contribution in [2.45, 2.75) is 85.2 Å². The molecule has 0 aliphatic heterocycles. The van der Waals surface area contributed by atoms with E-state index in [0.717, 1.165) is 48.1 Å². The molecule has 3 nitrogen and oxygen atoms in total. The topological polar surface area (TPSA) is 35.5 Å². The summed E-state index contributed by atoms with van der Waals surface area (Å²) in [4.78, 5) is 11.7. The molecule has 0 aromatic heterocycles. The van der Waals surface area contributed by atoms with Crippen LogP contribution >= 0.6 is 0 Å². The Morgan fingerprint density at radius 1 is 1.00 bits per heavy atom. The highest BCUT2D eigenvalue weighted by Gasteiger charge is 2.37. The quantitative estimate of drug-likeness (QED) is 0.247. The van der Waals surface area contributed by atoms with Crippen molar-refractivity contribution in [2.24, 2.45) is 5.41 Å². The minimum absolute atomic E-state index is 0.00907. The van der Waals surface area contributed by atoms with E-state index in [0.29, 0.717) is 17.9 Å². The predicted molar refractivity (Wildman–Crippen MR) is 154 cm³/mol. The van der Waals surface area contributed by atoms with E-state index in [1.54, 1.807) is 0 Å². The summed E-state index contributed by atoms with van der Waals surface area (Å²) in [6.07, 6.45) is 0.688. The summed E-state index contributed by atoms with van der Waals surface area (Å²) in [6, 6.07) is 17.0. The van der Waals surface area contributed by atoms with Gasteiger partial charge in [-0.2, -0.15) is 0 Å². The number of methoxy groups -OCH3 is 1. The van der Waals surface area contributed by atoms with Crippen molar-refractivity contribution in [3.05, 3.63) is 88.7 Å². The van der Waals surface area contributed by atoms with Gasteiger partial charge in [0.1, 0.15) is 18.2 Å². The smallest absolute Gasteiger partial charge is 0.306 e. The highest BCUT2D eigenvalue weighted by molar-refractivity contribution is 5.71. The van der Waals surface area contributed by atoms with Gasteiger partial charge in [-0.05, 0) is 76.6 Å². The molecule has 40 heavy (non-hydrogen) atoms. The summed E-state index contributed by atoms with van der Waals surface area (Å²) in [5, 5.41) is 0. The molecule has 0 heterocycles. The molecule has 0 amide bonds. The Morgan fingerprint density at radius 2 is 1.75 bits per heavy atom. The third-order valence-corrected chi connectivity index (χ3v) is 7.81. The lowest BCUT2D eigenvalue weighted by atomic mass is 9.75. The zero-order valence-electron chi connectivity index (χ0n) is 24.4. The summed E-state index contributed by atoms with van der Waals surface area (Å²) in [7, 11) is 1.38. The summed E-state index contributed by atoms with van der Waals surface area (Å²) < 4.78 is 52.7. The second kappa shape index (κ2) is 13.9. The lowest BCUT2D eigenvalue weighted by molar-refractivity contribution is -0.140. The number of hydrogen-bond acceptors (Lipinski definition) is 3. The van der Waals surface area contributed by atoms with Gasteiger partial charge < -0.3 is 9.47 Å². The van der Waals surface area contributed by atoms with Gasteiger partial charge in [-0.3, -0.25) is 4.79 Å². The summed E-state index contributed by atoms with van der Waals surface area (Å²) in [6.45, 7) is 10.7. The number of alkyl halides is 2. The lowest BCUT2D eigenvalue weighted by Gasteiger charge is -2.30. The third kappa shape index (κ3) is 7.47. The van der Waals surface area contributed by atoms with Crippen molar-refractivity contribution < 1.29 is 27.4 Å². The molecule has 0 N–H and O–H groups in total. The summed E-state index contributed by atoms with van der Waals surface area (Å²) in [5.74, 6) is 0.0757. The standard InChI is InChI=1S/C32H35F3O3.C2H6/c1-20(15-30(36)37-4)22-7-5-8-24(17-22)38-19-21-10-12-25(26(16-21)28-9-6-14-32(28,2)3)27-18-23(31(34)35)11-13-29(27)33;1-2/h5,7-8,10-13,16-18,20,28,31H,6,9,14-15,19H2,1-4H3;1-2H3/t20-,28+;/m1./s1. The molecule has 1 fully saturated rings. The largest absolute Gasteiger partial charge is 0.489 e. The highest BCUT2D eigenvalue weighted by atomic mass is 19.3. The van der Waals surface area contributed by atoms with E-state index in [2.05, 4.69) is 13.8 Å². The highest BCUT2D eigenvalue weighted by Crippen LogP contribution is 2.51. The van der Waals surface area contributed by atoms with Crippen LogP contribution in [0.1, 0.15) is 101 Å². The normalized spacial score (nSPS) is 16.7. The molecule has 4 rings (SSSR count). The van der Waals surface area contributed by atoms with E-state index >= 15 is 0 Å². The fourth-order valence-corrected chi connectivity index (χ4v) is 5.55. The lowest BCUT2D eigenvalue weighted by Crippen LogP contribution is -2.17. The van der Waals surface area contributed by atoms with Crippen LogP contribution in [0.3, 0.4) is 0 Å². The van der Waals surface area contributed by atoms with Crippen LogP contribution in [-0.2, 0) is 16.1 Å². The first-order valence-electron chi connectivity index (χ1n) is 14.1. The zero-order chi connectivity index (χ0) is 29.4. The number of esters is 1. The van der Waals surface area contributed by atoms with E-state index in [-0.39, 0.29) is 40.8 Å². The SMILES string of the molecule is CC.COC(=O)C[C@@H](C)c1cccc(OCc2ccc(-c3cc(C(F)F)ccc3F)c([C@@H]3CCCC3(C)C)c2)c1. The number of rotatable bonds is 9.